The zero-order valence-electron chi connectivity index (χ0n) is 19.5. The Hall–Kier alpha value is -3.86. The fourth-order valence-corrected chi connectivity index (χ4v) is 4.14. The average Bonchev–Trinajstić information content (AvgIpc) is 3.25. The summed E-state index contributed by atoms with van der Waals surface area (Å²) in [6.07, 6.45) is 4.21. The molecule has 1 atom stereocenters. The highest BCUT2D eigenvalue weighted by Gasteiger charge is 2.36. The van der Waals surface area contributed by atoms with E-state index in [0.717, 1.165) is 31.1 Å². The van der Waals surface area contributed by atoms with Crippen molar-refractivity contribution < 1.29 is 37.4 Å². The predicted molar refractivity (Wildman–Crippen MR) is 123 cm³/mol. The van der Waals surface area contributed by atoms with E-state index in [1.807, 2.05) is 0 Å². The summed E-state index contributed by atoms with van der Waals surface area (Å²) in [5.74, 6) is -3.64. The van der Waals surface area contributed by atoms with Crippen LogP contribution in [0.15, 0.2) is 48.4 Å². The van der Waals surface area contributed by atoms with E-state index in [-0.39, 0.29) is 29.6 Å². The lowest BCUT2D eigenvalue weighted by Crippen LogP contribution is -2.47. The number of ether oxygens (including phenoxy) is 3. The van der Waals surface area contributed by atoms with Crippen LogP contribution in [0.3, 0.4) is 0 Å². The quantitative estimate of drug-likeness (QED) is 0.554. The van der Waals surface area contributed by atoms with E-state index in [0.29, 0.717) is 19.6 Å². The third-order valence-corrected chi connectivity index (χ3v) is 6.06. The van der Waals surface area contributed by atoms with Crippen LogP contribution in [-0.2, 0) is 19.1 Å². The molecule has 1 saturated heterocycles. The molecule has 2 aliphatic heterocycles. The maximum atomic E-state index is 14.0. The van der Waals surface area contributed by atoms with Crippen LogP contribution in [0.2, 0.25) is 0 Å². The number of nitrogens with zero attached hydrogens (tertiary/aromatic N) is 2. The van der Waals surface area contributed by atoms with Gasteiger partial charge in [-0.05, 0) is 49.4 Å². The summed E-state index contributed by atoms with van der Waals surface area (Å²) < 4.78 is 43.5. The second-order valence-corrected chi connectivity index (χ2v) is 8.45. The molecule has 0 bridgehead atoms. The Labute approximate surface area is 206 Å². The van der Waals surface area contributed by atoms with Gasteiger partial charge < -0.3 is 24.4 Å². The number of pyridine rings is 1. The van der Waals surface area contributed by atoms with Gasteiger partial charge in [0.25, 0.3) is 5.91 Å². The van der Waals surface area contributed by atoms with Crippen molar-refractivity contribution in [2.45, 2.75) is 25.3 Å². The van der Waals surface area contributed by atoms with Gasteiger partial charge in [0, 0.05) is 25.5 Å². The lowest BCUT2D eigenvalue weighted by atomic mass is 9.91. The molecule has 0 aliphatic carbocycles. The number of esters is 1. The average molecular weight is 501 g/mol. The third kappa shape index (κ3) is 5.85. The number of benzene rings is 1. The van der Waals surface area contributed by atoms with Gasteiger partial charge >= 0.3 is 5.97 Å². The first-order valence-corrected chi connectivity index (χ1v) is 11.4. The van der Waals surface area contributed by atoms with Gasteiger partial charge in [-0.3, -0.25) is 9.59 Å². The van der Waals surface area contributed by atoms with Crippen molar-refractivity contribution in [1.29, 1.82) is 0 Å². The Morgan fingerprint density at radius 1 is 1.19 bits per heavy atom. The Balaban J connectivity index is 1.50. The number of methoxy groups -OCH3 is 1. The molecule has 2 amide bonds. The number of para-hydroxylation sites is 1. The number of amides is 2. The molecule has 190 valence electrons. The van der Waals surface area contributed by atoms with Gasteiger partial charge in [-0.1, -0.05) is 6.07 Å². The summed E-state index contributed by atoms with van der Waals surface area (Å²) in [5.41, 5.74) is 0.218. The number of nitrogens with one attached hydrogen (secondary N) is 1. The van der Waals surface area contributed by atoms with Gasteiger partial charge in [-0.15, -0.1) is 0 Å². The van der Waals surface area contributed by atoms with Gasteiger partial charge in [0.15, 0.2) is 17.4 Å². The highest BCUT2D eigenvalue weighted by atomic mass is 19.1. The molecule has 36 heavy (non-hydrogen) atoms. The topological polar surface area (TPSA) is 107 Å². The molecule has 0 radical (unpaired) electrons. The van der Waals surface area contributed by atoms with E-state index in [1.54, 1.807) is 0 Å². The van der Waals surface area contributed by atoms with Crippen molar-refractivity contribution in [2.24, 2.45) is 5.92 Å². The number of halogens is 2. The number of carbonyl (C=O) groups is 3. The highest BCUT2D eigenvalue weighted by Crippen LogP contribution is 2.29. The molecule has 11 heteroatoms. The first-order chi connectivity index (χ1) is 17.4. The van der Waals surface area contributed by atoms with Crippen LogP contribution in [0.5, 0.6) is 5.75 Å². The van der Waals surface area contributed by atoms with Crippen LogP contribution in [0.25, 0.3) is 0 Å². The minimum Gasteiger partial charge on any atom is -0.465 e. The number of carbonyl (C=O) groups excluding carboxylic acids is 3. The number of anilines is 1. The Bertz CT molecular complexity index is 1140. The van der Waals surface area contributed by atoms with Crippen LogP contribution in [0.4, 0.5) is 14.6 Å². The van der Waals surface area contributed by atoms with Gasteiger partial charge in [0.1, 0.15) is 17.6 Å². The monoisotopic (exact) mass is 501 g/mol. The normalized spacial score (nSPS) is 16.9. The second kappa shape index (κ2) is 11.3. The molecule has 1 N–H and O–H groups in total. The van der Waals surface area contributed by atoms with Crippen LogP contribution in [0.1, 0.15) is 29.6 Å². The Kier molecular flexibility index (Phi) is 7.89. The molecule has 1 aromatic heterocycles. The molecule has 3 heterocycles. The maximum Gasteiger partial charge on any atom is 0.339 e. The number of hydrogen-bond donors (Lipinski definition) is 1. The molecule has 1 fully saturated rings. The number of aromatic nitrogens is 1. The van der Waals surface area contributed by atoms with E-state index in [4.69, 9.17) is 9.47 Å². The summed E-state index contributed by atoms with van der Waals surface area (Å²) in [6.45, 7) is 0.980. The van der Waals surface area contributed by atoms with E-state index in [1.165, 1.54) is 36.4 Å². The van der Waals surface area contributed by atoms with Crippen molar-refractivity contribution in [3.8, 4) is 5.75 Å². The third-order valence-electron chi connectivity index (χ3n) is 6.06. The van der Waals surface area contributed by atoms with Crippen LogP contribution >= 0.6 is 0 Å². The lowest BCUT2D eigenvalue weighted by Gasteiger charge is -2.31. The molecule has 9 nitrogen and oxygen atoms in total. The molecule has 4 rings (SSSR count). The summed E-state index contributed by atoms with van der Waals surface area (Å²) in [4.78, 5) is 43.2. The van der Waals surface area contributed by atoms with Crippen LogP contribution in [-0.4, -0.2) is 60.6 Å². The fraction of sp³-hybridized carbons (Fsp3) is 0.360. The molecule has 2 aromatic rings. The highest BCUT2D eigenvalue weighted by molar-refractivity contribution is 6.00. The van der Waals surface area contributed by atoms with E-state index < -0.39 is 41.2 Å². The summed E-state index contributed by atoms with van der Waals surface area (Å²) in [6, 6.07) is 5.32. The first-order valence-electron chi connectivity index (χ1n) is 11.4. The van der Waals surface area contributed by atoms with E-state index >= 15 is 0 Å². The number of rotatable bonds is 8. The minimum atomic E-state index is -0.903. The van der Waals surface area contributed by atoms with Gasteiger partial charge in [0.05, 0.1) is 19.2 Å². The van der Waals surface area contributed by atoms with E-state index in [2.05, 4.69) is 15.0 Å². The van der Waals surface area contributed by atoms with E-state index in [9.17, 15) is 23.2 Å². The predicted octanol–water partition coefficient (Wildman–Crippen LogP) is 3.08. The SMILES string of the molecule is COC(=O)c1ccc(NC(=O)C(CC2CCOCC2)N2CC(Oc3c(F)cccc3F)=CC2=O)nc1. The van der Waals surface area contributed by atoms with Crippen molar-refractivity contribution in [2.75, 3.05) is 32.2 Å². The largest absolute Gasteiger partial charge is 0.465 e. The molecule has 0 saturated carbocycles. The molecular formula is C25H25F2N3O6. The summed E-state index contributed by atoms with van der Waals surface area (Å²) in [7, 11) is 1.25. The van der Waals surface area contributed by atoms with Gasteiger partial charge in [-0.2, -0.15) is 0 Å². The molecule has 0 spiro atoms. The zero-order valence-corrected chi connectivity index (χ0v) is 19.5. The zero-order chi connectivity index (χ0) is 25.7. The van der Waals surface area contributed by atoms with Crippen molar-refractivity contribution in [3.63, 3.8) is 0 Å². The first kappa shape index (κ1) is 25.2. The van der Waals surface area contributed by atoms with Crippen molar-refractivity contribution >= 4 is 23.6 Å². The standard InChI is InChI=1S/C25H25F2N3O6/c1-34-25(33)16-5-6-21(28-13-16)29-24(32)20(11-15-7-9-35-10-8-15)30-14-17(12-22(30)31)36-23-18(26)3-2-4-19(23)27/h2-6,12-13,15,20H,7-11,14H2,1H3,(H,28,29,32). The lowest BCUT2D eigenvalue weighted by molar-refractivity contribution is -0.134. The van der Waals surface area contributed by atoms with Crippen molar-refractivity contribution in [1.82, 2.24) is 9.88 Å². The molecular weight excluding hydrogens is 476 g/mol. The smallest absolute Gasteiger partial charge is 0.339 e. The molecule has 2 aliphatic rings. The Morgan fingerprint density at radius 3 is 2.56 bits per heavy atom. The Morgan fingerprint density at radius 2 is 1.92 bits per heavy atom. The van der Waals surface area contributed by atoms with Gasteiger partial charge in [-0.25, -0.2) is 18.6 Å². The fourth-order valence-electron chi connectivity index (χ4n) is 4.14. The molecule has 1 aromatic carbocycles. The summed E-state index contributed by atoms with van der Waals surface area (Å²) >= 11 is 0. The summed E-state index contributed by atoms with van der Waals surface area (Å²) in [5, 5.41) is 2.68. The maximum absolute atomic E-state index is 14.0. The number of hydrogen-bond acceptors (Lipinski definition) is 7. The van der Waals surface area contributed by atoms with Crippen LogP contribution < -0.4 is 10.1 Å². The second-order valence-electron chi connectivity index (χ2n) is 8.45. The molecule has 1 unspecified atom stereocenters. The van der Waals surface area contributed by atoms with Gasteiger partial charge in [0.2, 0.25) is 5.91 Å². The van der Waals surface area contributed by atoms with Crippen LogP contribution in [0, 0.1) is 17.6 Å². The minimum absolute atomic E-state index is 0.0225. The van der Waals surface area contributed by atoms with Crippen molar-refractivity contribution in [3.05, 3.63) is 65.6 Å².